The summed E-state index contributed by atoms with van der Waals surface area (Å²) in [6.45, 7) is 3.45. The van der Waals surface area contributed by atoms with Gasteiger partial charge in [0, 0.05) is 17.5 Å². The molecule has 0 aromatic heterocycles. The van der Waals surface area contributed by atoms with Gasteiger partial charge in [-0.15, -0.1) is 0 Å². The van der Waals surface area contributed by atoms with Crippen molar-refractivity contribution in [1.29, 1.82) is 0 Å². The highest BCUT2D eigenvalue weighted by atomic mass is 16.5. The third-order valence-electron chi connectivity index (χ3n) is 3.29. The number of carbonyl (C=O) groups is 3. The molecule has 2 rings (SSSR count). The van der Waals surface area contributed by atoms with Crippen LogP contribution in [0.5, 0.6) is 5.75 Å². The second-order valence-electron chi connectivity index (χ2n) is 5.78. The molecule has 1 aromatic rings. The van der Waals surface area contributed by atoms with Crippen LogP contribution >= 0.6 is 0 Å². The van der Waals surface area contributed by atoms with Gasteiger partial charge in [0.25, 0.3) is 11.8 Å². The monoisotopic (exact) mass is 306 g/mol. The molecule has 0 aliphatic carbocycles. The normalized spacial score (nSPS) is 13.6. The van der Waals surface area contributed by atoms with Crippen molar-refractivity contribution in [2.45, 2.75) is 32.2 Å². The predicted octanol–water partition coefficient (Wildman–Crippen LogP) is 1.39. The SMILES string of the molecule is CC(C)(CCC(=O)O)NC(=O)c1ccc2c(c1)OCC(=O)N2. The van der Waals surface area contributed by atoms with E-state index >= 15 is 0 Å². The average molecular weight is 306 g/mol. The van der Waals surface area contributed by atoms with Crippen molar-refractivity contribution >= 4 is 23.5 Å². The van der Waals surface area contributed by atoms with Gasteiger partial charge in [-0.1, -0.05) is 0 Å². The Morgan fingerprint density at radius 2 is 2.14 bits per heavy atom. The maximum absolute atomic E-state index is 12.3. The quantitative estimate of drug-likeness (QED) is 0.762. The van der Waals surface area contributed by atoms with E-state index in [1.807, 2.05) is 0 Å². The molecule has 7 heteroatoms. The van der Waals surface area contributed by atoms with Crippen LogP contribution in [-0.4, -0.2) is 35.0 Å². The molecule has 118 valence electrons. The number of rotatable bonds is 5. The second kappa shape index (κ2) is 6.05. The van der Waals surface area contributed by atoms with Gasteiger partial charge in [0.05, 0.1) is 5.69 Å². The van der Waals surface area contributed by atoms with E-state index in [-0.39, 0.29) is 24.8 Å². The molecule has 3 N–H and O–H groups in total. The Labute approximate surface area is 127 Å². The molecule has 0 saturated heterocycles. The molecule has 1 aliphatic heterocycles. The summed E-state index contributed by atoms with van der Waals surface area (Å²) in [7, 11) is 0. The van der Waals surface area contributed by atoms with Crippen LogP contribution in [0.2, 0.25) is 0 Å². The van der Waals surface area contributed by atoms with E-state index in [0.717, 1.165) is 0 Å². The minimum absolute atomic E-state index is 0.0212. The number of aliphatic carboxylic acids is 1. The van der Waals surface area contributed by atoms with E-state index in [2.05, 4.69) is 10.6 Å². The zero-order valence-corrected chi connectivity index (χ0v) is 12.4. The zero-order valence-electron chi connectivity index (χ0n) is 12.4. The van der Waals surface area contributed by atoms with Gasteiger partial charge in [-0.25, -0.2) is 0 Å². The number of carboxylic acid groups (broad SMARTS) is 1. The average Bonchev–Trinajstić information content (AvgIpc) is 2.44. The first-order valence-electron chi connectivity index (χ1n) is 6.88. The van der Waals surface area contributed by atoms with Crippen molar-refractivity contribution in [3.8, 4) is 5.75 Å². The Bertz CT molecular complexity index is 624. The van der Waals surface area contributed by atoms with Crippen molar-refractivity contribution in [2.24, 2.45) is 0 Å². The van der Waals surface area contributed by atoms with Crippen LogP contribution in [0.15, 0.2) is 18.2 Å². The zero-order chi connectivity index (χ0) is 16.3. The maximum atomic E-state index is 12.3. The van der Waals surface area contributed by atoms with Gasteiger partial charge in [-0.2, -0.15) is 0 Å². The molecule has 1 aromatic carbocycles. The highest BCUT2D eigenvalue weighted by Crippen LogP contribution is 2.28. The summed E-state index contributed by atoms with van der Waals surface area (Å²) in [6.07, 6.45) is 0.304. The Morgan fingerprint density at radius 1 is 1.41 bits per heavy atom. The molecular formula is C15H18N2O5. The van der Waals surface area contributed by atoms with Crippen LogP contribution in [0.3, 0.4) is 0 Å². The van der Waals surface area contributed by atoms with Gasteiger partial charge in [-0.3, -0.25) is 14.4 Å². The third kappa shape index (κ3) is 3.97. The lowest BCUT2D eigenvalue weighted by atomic mass is 9.97. The number of carboxylic acids is 1. The number of fused-ring (bicyclic) bond motifs is 1. The fraction of sp³-hybridized carbons (Fsp3) is 0.400. The molecule has 0 bridgehead atoms. The first kappa shape index (κ1) is 15.8. The summed E-state index contributed by atoms with van der Waals surface area (Å²) in [5.41, 5.74) is 0.275. The summed E-state index contributed by atoms with van der Waals surface area (Å²) < 4.78 is 5.27. The Hall–Kier alpha value is -2.57. The largest absolute Gasteiger partial charge is 0.482 e. The van der Waals surface area contributed by atoms with E-state index in [9.17, 15) is 14.4 Å². The van der Waals surface area contributed by atoms with Crippen LogP contribution in [0.1, 0.15) is 37.0 Å². The maximum Gasteiger partial charge on any atom is 0.303 e. The molecule has 0 radical (unpaired) electrons. The van der Waals surface area contributed by atoms with Gasteiger partial charge in [-0.05, 0) is 38.5 Å². The number of carbonyl (C=O) groups excluding carboxylic acids is 2. The van der Waals surface area contributed by atoms with Crippen molar-refractivity contribution in [2.75, 3.05) is 11.9 Å². The lowest BCUT2D eigenvalue weighted by Gasteiger charge is -2.26. The molecular weight excluding hydrogens is 288 g/mol. The summed E-state index contributed by atoms with van der Waals surface area (Å²) in [4.78, 5) is 34.1. The van der Waals surface area contributed by atoms with Crippen LogP contribution < -0.4 is 15.4 Å². The van der Waals surface area contributed by atoms with Crippen molar-refractivity contribution in [1.82, 2.24) is 5.32 Å². The van der Waals surface area contributed by atoms with Crippen LogP contribution in [0.4, 0.5) is 5.69 Å². The fourth-order valence-corrected chi connectivity index (χ4v) is 2.08. The molecule has 2 amide bonds. The van der Waals surface area contributed by atoms with Gasteiger partial charge in [0.15, 0.2) is 6.61 Å². The van der Waals surface area contributed by atoms with Gasteiger partial charge in [0.2, 0.25) is 0 Å². The lowest BCUT2D eigenvalue weighted by Crippen LogP contribution is -2.43. The highest BCUT2D eigenvalue weighted by Gasteiger charge is 2.23. The van der Waals surface area contributed by atoms with E-state index in [4.69, 9.17) is 9.84 Å². The van der Waals surface area contributed by atoms with Crippen LogP contribution in [0, 0.1) is 0 Å². The minimum Gasteiger partial charge on any atom is -0.482 e. The van der Waals surface area contributed by atoms with Gasteiger partial charge >= 0.3 is 5.97 Å². The number of benzene rings is 1. The molecule has 0 saturated carbocycles. The van der Waals surface area contributed by atoms with Crippen molar-refractivity contribution in [3.63, 3.8) is 0 Å². The topological polar surface area (TPSA) is 105 Å². The number of nitrogens with one attached hydrogen (secondary N) is 2. The molecule has 0 fully saturated rings. The van der Waals surface area contributed by atoms with Gasteiger partial charge < -0.3 is 20.5 Å². The minimum atomic E-state index is -0.903. The standard InChI is InChI=1S/C15H18N2O5/c1-15(2,6-5-13(19)20)17-14(21)9-3-4-10-11(7-9)22-8-12(18)16-10/h3-4,7H,5-6,8H2,1-2H3,(H,16,18)(H,17,21)(H,19,20). The predicted molar refractivity (Wildman–Crippen MR) is 79.0 cm³/mol. The van der Waals surface area contributed by atoms with Crippen molar-refractivity contribution in [3.05, 3.63) is 23.8 Å². The second-order valence-corrected chi connectivity index (χ2v) is 5.78. The molecule has 7 nitrogen and oxygen atoms in total. The molecule has 1 aliphatic rings. The smallest absolute Gasteiger partial charge is 0.303 e. The number of anilines is 1. The Kier molecular flexibility index (Phi) is 4.35. The first-order chi connectivity index (χ1) is 10.3. The third-order valence-corrected chi connectivity index (χ3v) is 3.29. The summed E-state index contributed by atoms with van der Waals surface area (Å²) in [6, 6.07) is 4.74. The molecule has 0 atom stereocenters. The molecule has 1 heterocycles. The van der Waals surface area contributed by atoms with E-state index in [1.54, 1.807) is 32.0 Å². The number of amides is 2. The summed E-state index contributed by atoms with van der Waals surface area (Å²) in [5, 5.41) is 14.2. The number of hydrogen-bond donors (Lipinski definition) is 3. The van der Waals surface area contributed by atoms with Crippen LogP contribution in [0.25, 0.3) is 0 Å². The summed E-state index contributed by atoms with van der Waals surface area (Å²) in [5.74, 6) is -1.02. The Balaban J connectivity index is 2.07. The number of ether oxygens (including phenoxy) is 1. The fourth-order valence-electron chi connectivity index (χ4n) is 2.08. The van der Waals surface area contributed by atoms with E-state index < -0.39 is 11.5 Å². The Morgan fingerprint density at radius 3 is 2.82 bits per heavy atom. The summed E-state index contributed by atoms with van der Waals surface area (Å²) >= 11 is 0. The molecule has 0 spiro atoms. The van der Waals surface area contributed by atoms with E-state index in [1.165, 1.54) is 0 Å². The van der Waals surface area contributed by atoms with Gasteiger partial charge in [0.1, 0.15) is 5.75 Å². The highest BCUT2D eigenvalue weighted by molar-refractivity contribution is 5.99. The molecule has 0 unspecified atom stereocenters. The van der Waals surface area contributed by atoms with Crippen molar-refractivity contribution < 1.29 is 24.2 Å². The number of hydrogen-bond acceptors (Lipinski definition) is 4. The lowest BCUT2D eigenvalue weighted by molar-refractivity contribution is -0.137. The van der Waals surface area contributed by atoms with Crippen LogP contribution in [-0.2, 0) is 9.59 Å². The molecule has 22 heavy (non-hydrogen) atoms. The first-order valence-corrected chi connectivity index (χ1v) is 6.88. The van der Waals surface area contributed by atoms with E-state index in [0.29, 0.717) is 23.4 Å².